The van der Waals surface area contributed by atoms with Gasteiger partial charge in [0.05, 0.1) is 4.47 Å². The SMILES string of the molecule is C#CCOc1ccc(C=C2C(=O)NC(=S)N(CC=C)C2=O)cc1Br. The number of hydrogen-bond donors (Lipinski definition) is 1. The second-order valence-electron chi connectivity index (χ2n) is 4.70. The minimum atomic E-state index is -0.533. The summed E-state index contributed by atoms with van der Waals surface area (Å²) in [5.74, 6) is 1.95. The third kappa shape index (κ3) is 3.91. The molecule has 1 aromatic rings. The van der Waals surface area contributed by atoms with E-state index in [4.69, 9.17) is 23.4 Å². The fraction of sp³-hybridized carbons (Fsp3) is 0.118. The number of carbonyl (C=O) groups excluding carboxylic acids is 2. The molecule has 1 N–H and O–H groups in total. The molecule has 122 valence electrons. The Morgan fingerprint density at radius 2 is 2.21 bits per heavy atom. The summed E-state index contributed by atoms with van der Waals surface area (Å²) in [5.41, 5.74) is 0.648. The molecule has 0 spiro atoms. The molecule has 0 bridgehead atoms. The van der Waals surface area contributed by atoms with Crippen LogP contribution in [0, 0.1) is 12.3 Å². The van der Waals surface area contributed by atoms with Crippen LogP contribution in [0.4, 0.5) is 0 Å². The Balaban J connectivity index is 2.32. The number of terminal acetylenes is 1. The molecular weight excluding hydrogens is 392 g/mol. The Morgan fingerprint density at radius 1 is 1.46 bits per heavy atom. The van der Waals surface area contributed by atoms with Crippen molar-refractivity contribution in [2.45, 2.75) is 0 Å². The van der Waals surface area contributed by atoms with Gasteiger partial charge in [-0.2, -0.15) is 0 Å². The van der Waals surface area contributed by atoms with Gasteiger partial charge in [0.15, 0.2) is 5.11 Å². The van der Waals surface area contributed by atoms with Crippen LogP contribution in [-0.4, -0.2) is 35.0 Å². The number of benzene rings is 1. The van der Waals surface area contributed by atoms with Crippen molar-refractivity contribution in [2.75, 3.05) is 13.2 Å². The Kier molecular flexibility index (Phi) is 5.90. The molecule has 1 aliphatic rings. The van der Waals surface area contributed by atoms with Crippen molar-refractivity contribution >= 4 is 51.2 Å². The summed E-state index contributed by atoms with van der Waals surface area (Å²) in [5, 5.41) is 2.56. The molecule has 0 saturated carbocycles. The number of nitrogens with one attached hydrogen (secondary N) is 1. The van der Waals surface area contributed by atoms with E-state index in [1.165, 1.54) is 17.1 Å². The van der Waals surface area contributed by atoms with E-state index in [9.17, 15) is 9.59 Å². The van der Waals surface area contributed by atoms with Crippen molar-refractivity contribution in [3.05, 3.63) is 46.5 Å². The maximum absolute atomic E-state index is 12.4. The van der Waals surface area contributed by atoms with Gasteiger partial charge in [0.2, 0.25) is 0 Å². The number of nitrogens with zero attached hydrogens (tertiary/aromatic N) is 1. The van der Waals surface area contributed by atoms with Crippen LogP contribution in [0.1, 0.15) is 5.56 Å². The number of amides is 2. The maximum Gasteiger partial charge on any atom is 0.265 e. The Labute approximate surface area is 153 Å². The molecule has 0 radical (unpaired) electrons. The summed E-state index contributed by atoms with van der Waals surface area (Å²) in [6.45, 7) is 3.94. The highest BCUT2D eigenvalue weighted by Gasteiger charge is 2.32. The summed E-state index contributed by atoms with van der Waals surface area (Å²) < 4.78 is 6.01. The van der Waals surface area contributed by atoms with Gasteiger partial charge in [-0.25, -0.2) is 0 Å². The van der Waals surface area contributed by atoms with Gasteiger partial charge < -0.3 is 4.74 Å². The fourth-order valence-electron chi connectivity index (χ4n) is 2.00. The summed E-state index contributed by atoms with van der Waals surface area (Å²) in [4.78, 5) is 25.8. The predicted molar refractivity (Wildman–Crippen MR) is 99.1 cm³/mol. The molecule has 24 heavy (non-hydrogen) atoms. The summed E-state index contributed by atoms with van der Waals surface area (Å²) >= 11 is 8.37. The highest BCUT2D eigenvalue weighted by Crippen LogP contribution is 2.27. The Bertz CT molecular complexity index is 796. The van der Waals surface area contributed by atoms with Gasteiger partial charge in [-0.1, -0.05) is 18.1 Å². The maximum atomic E-state index is 12.4. The third-order valence-electron chi connectivity index (χ3n) is 3.08. The van der Waals surface area contributed by atoms with Crippen LogP contribution >= 0.6 is 28.1 Å². The first-order chi connectivity index (χ1) is 11.5. The Morgan fingerprint density at radius 3 is 2.83 bits per heavy atom. The van der Waals surface area contributed by atoms with E-state index in [2.05, 4.69) is 33.7 Å². The summed E-state index contributed by atoms with van der Waals surface area (Å²) in [7, 11) is 0. The van der Waals surface area contributed by atoms with E-state index >= 15 is 0 Å². The molecule has 7 heteroatoms. The second kappa shape index (κ2) is 7.90. The van der Waals surface area contributed by atoms with Crippen LogP contribution in [0.3, 0.4) is 0 Å². The van der Waals surface area contributed by atoms with E-state index in [0.29, 0.717) is 15.8 Å². The van der Waals surface area contributed by atoms with E-state index in [1.807, 2.05) is 0 Å². The molecule has 1 aromatic carbocycles. The van der Waals surface area contributed by atoms with Gasteiger partial charge in [0.25, 0.3) is 11.8 Å². The number of ether oxygens (including phenoxy) is 1. The second-order valence-corrected chi connectivity index (χ2v) is 5.95. The minimum Gasteiger partial charge on any atom is -0.480 e. The molecule has 1 saturated heterocycles. The number of halogens is 1. The Hall–Kier alpha value is -2.43. The highest BCUT2D eigenvalue weighted by molar-refractivity contribution is 9.10. The topological polar surface area (TPSA) is 58.6 Å². The minimum absolute atomic E-state index is 0.00496. The number of hydrogen-bond acceptors (Lipinski definition) is 4. The molecule has 2 amide bonds. The average Bonchev–Trinajstić information content (AvgIpc) is 2.54. The van der Waals surface area contributed by atoms with Crippen molar-refractivity contribution in [2.24, 2.45) is 0 Å². The fourth-order valence-corrected chi connectivity index (χ4v) is 2.76. The quantitative estimate of drug-likeness (QED) is 0.269. The van der Waals surface area contributed by atoms with Crippen LogP contribution in [0.5, 0.6) is 5.75 Å². The van der Waals surface area contributed by atoms with Gasteiger partial charge in [0, 0.05) is 6.54 Å². The standard InChI is InChI=1S/C17H13BrN2O3S/c1-3-7-20-16(22)12(15(21)19-17(20)24)9-11-5-6-14(13(18)10-11)23-8-4-2/h2-3,5-6,9-10H,1,7-8H2,(H,19,21,24). The largest absolute Gasteiger partial charge is 0.480 e. The molecule has 0 unspecified atom stereocenters. The highest BCUT2D eigenvalue weighted by atomic mass is 79.9. The van der Waals surface area contributed by atoms with Crippen molar-refractivity contribution in [1.82, 2.24) is 10.2 Å². The van der Waals surface area contributed by atoms with Crippen molar-refractivity contribution in [3.8, 4) is 18.1 Å². The van der Waals surface area contributed by atoms with Crippen LogP contribution in [0.15, 0.2) is 40.9 Å². The zero-order valence-electron chi connectivity index (χ0n) is 12.5. The first-order valence-corrected chi connectivity index (χ1v) is 8.03. The van der Waals surface area contributed by atoms with Crippen molar-refractivity contribution in [3.63, 3.8) is 0 Å². The first kappa shape index (κ1) is 17.9. The number of rotatable bonds is 5. The zero-order chi connectivity index (χ0) is 17.7. The van der Waals surface area contributed by atoms with Crippen molar-refractivity contribution in [1.29, 1.82) is 0 Å². The van der Waals surface area contributed by atoms with Gasteiger partial charge in [0.1, 0.15) is 17.9 Å². The smallest absolute Gasteiger partial charge is 0.265 e. The monoisotopic (exact) mass is 404 g/mol. The van der Waals surface area contributed by atoms with Crippen molar-refractivity contribution < 1.29 is 14.3 Å². The van der Waals surface area contributed by atoms with Gasteiger partial charge in [-0.05, 0) is 51.9 Å². The zero-order valence-corrected chi connectivity index (χ0v) is 14.9. The van der Waals surface area contributed by atoms with Gasteiger partial charge in [-0.3, -0.25) is 19.8 Å². The summed E-state index contributed by atoms with van der Waals surface area (Å²) in [6.07, 6.45) is 8.18. The molecule has 0 aromatic heterocycles. The summed E-state index contributed by atoms with van der Waals surface area (Å²) in [6, 6.07) is 5.14. The number of thiocarbonyl (C=S) groups is 1. The lowest BCUT2D eigenvalue weighted by atomic mass is 10.1. The number of carbonyl (C=O) groups is 2. The lowest BCUT2D eigenvalue weighted by Crippen LogP contribution is -2.53. The van der Waals surface area contributed by atoms with E-state index in [0.717, 1.165) is 0 Å². The van der Waals surface area contributed by atoms with E-state index in [-0.39, 0.29) is 23.8 Å². The normalized spacial score (nSPS) is 15.9. The molecule has 5 nitrogen and oxygen atoms in total. The molecule has 2 rings (SSSR count). The van der Waals surface area contributed by atoms with Crippen LogP contribution in [-0.2, 0) is 9.59 Å². The van der Waals surface area contributed by atoms with Crippen LogP contribution in [0.25, 0.3) is 6.08 Å². The molecule has 1 fully saturated rings. The lowest BCUT2D eigenvalue weighted by molar-refractivity contribution is -0.128. The third-order valence-corrected chi connectivity index (χ3v) is 4.02. The van der Waals surface area contributed by atoms with E-state index < -0.39 is 11.8 Å². The van der Waals surface area contributed by atoms with Crippen LogP contribution in [0.2, 0.25) is 0 Å². The lowest BCUT2D eigenvalue weighted by Gasteiger charge is -2.27. The predicted octanol–water partition coefficient (Wildman–Crippen LogP) is 2.27. The molecular formula is C17H13BrN2O3S. The molecule has 0 atom stereocenters. The molecule has 1 aliphatic heterocycles. The van der Waals surface area contributed by atoms with E-state index in [1.54, 1.807) is 18.2 Å². The average molecular weight is 405 g/mol. The molecule has 1 heterocycles. The van der Waals surface area contributed by atoms with Gasteiger partial charge in [-0.15, -0.1) is 13.0 Å². The van der Waals surface area contributed by atoms with Gasteiger partial charge >= 0.3 is 0 Å². The van der Waals surface area contributed by atoms with Crippen LogP contribution < -0.4 is 10.1 Å². The molecule has 0 aliphatic carbocycles. The first-order valence-electron chi connectivity index (χ1n) is 6.83.